The number of anilines is 1. The predicted octanol–water partition coefficient (Wildman–Crippen LogP) is 3.21. The quantitative estimate of drug-likeness (QED) is 0.491. The summed E-state index contributed by atoms with van der Waals surface area (Å²) in [7, 11) is 0. The van der Waals surface area contributed by atoms with Crippen molar-refractivity contribution in [3.05, 3.63) is 28.3 Å². The highest BCUT2D eigenvalue weighted by Crippen LogP contribution is 2.30. The van der Waals surface area contributed by atoms with Gasteiger partial charge in [0.1, 0.15) is 5.75 Å². The SMILES string of the molecule is O=C(CCC1CCCC1)Nc1ccc([N+](=O)[O-])cc1O. The standard InChI is InChI=1S/C14H18N2O4/c17-13-9-11(16(19)20)6-7-12(13)15-14(18)8-5-10-3-1-2-4-10/h6-7,9-10,17H,1-5,8H2,(H,15,18). The lowest BCUT2D eigenvalue weighted by molar-refractivity contribution is -0.384. The number of hydrogen-bond acceptors (Lipinski definition) is 4. The first kappa shape index (κ1) is 14.3. The van der Waals surface area contributed by atoms with Crippen molar-refractivity contribution in [1.29, 1.82) is 0 Å². The van der Waals surface area contributed by atoms with Crippen molar-refractivity contribution < 1.29 is 14.8 Å². The van der Waals surface area contributed by atoms with Crippen molar-refractivity contribution in [3.63, 3.8) is 0 Å². The molecule has 20 heavy (non-hydrogen) atoms. The first-order valence-electron chi connectivity index (χ1n) is 6.83. The second-order valence-electron chi connectivity index (χ2n) is 5.20. The van der Waals surface area contributed by atoms with Gasteiger partial charge in [-0.25, -0.2) is 0 Å². The van der Waals surface area contributed by atoms with Gasteiger partial charge >= 0.3 is 0 Å². The molecular formula is C14H18N2O4. The molecule has 0 atom stereocenters. The summed E-state index contributed by atoms with van der Waals surface area (Å²) in [6, 6.07) is 3.64. The lowest BCUT2D eigenvalue weighted by atomic mass is 10.0. The van der Waals surface area contributed by atoms with Crippen molar-refractivity contribution in [1.82, 2.24) is 0 Å². The van der Waals surface area contributed by atoms with Gasteiger partial charge in [0, 0.05) is 12.5 Å². The largest absolute Gasteiger partial charge is 0.506 e. The maximum atomic E-state index is 11.8. The average molecular weight is 278 g/mol. The number of carbonyl (C=O) groups is 1. The number of nitro groups is 1. The molecule has 1 aromatic carbocycles. The third-order valence-corrected chi connectivity index (χ3v) is 3.72. The minimum atomic E-state index is -0.592. The zero-order valence-electron chi connectivity index (χ0n) is 11.2. The molecular weight excluding hydrogens is 260 g/mol. The number of carbonyl (C=O) groups excluding carboxylic acids is 1. The summed E-state index contributed by atoms with van der Waals surface area (Å²) in [5.74, 6) is 0.181. The van der Waals surface area contributed by atoms with Crippen LogP contribution in [0, 0.1) is 16.0 Å². The van der Waals surface area contributed by atoms with Gasteiger partial charge in [0.2, 0.25) is 5.91 Å². The molecule has 6 heteroatoms. The summed E-state index contributed by atoms with van der Waals surface area (Å²) in [6.45, 7) is 0. The fourth-order valence-electron chi connectivity index (χ4n) is 2.59. The lowest BCUT2D eigenvalue weighted by Crippen LogP contribution is -2.12. The van der Waals surface area contributed by atoms with E-state index in [2.05, 4.69) is 5.32 Å². The predicted molar refractivity (Wildman–Crippen MR) is 74.6 cm³/mol. The molecule has 2 rings (SSSR count). The van der Waals surface area contributed by atoms with Gasteiger partial charge in [-0.3, -0.25) is 14.9 Å². The minimum absolute atomic E-state index is 0.166. The van der Waals surface area contributed by atoms with E-state index in [9.17, 15) is 20.0 Å². The van der Waals surface area contributed by atoms with Crippen LogP contribution in [0.25, 0.3) is 0 Å². The number of rotatable bonds is 5. The molecule has 0 heterocycles. The van der Waals surface area contributed by atoms with Crippen molar-refractivity contribution >= 4 is 17.3 Å². The van der Waals surface area contributed by atoms with Crippen LogP contribution in [0.2, 0.25) is 0 Å². The molecule has 1 fully saturated rings. The Hall–Kier alpha value is -2.11. The normalized spacial score (nSPS) is 15.2. The number of amides is 1. The van der Waals surface area contributed by atoms with Crippen molar-refractivity contribution in [2.75, 3.05) is 5.32 Å². The summed E-state index contributed by atoms with van der Waals surface area (Å²) in [5.41, 5.74) is 0.0125. The molecule has 2 N–H and O–H groups in total. The zero-order valence-corrected chi connectivity index (χ0v) is 11.2. The van der Waals surface area contributed by atoms with Crippen LogP contribution < -0.4 is 5.32 Å². The fraction of sp³-hybridized carbons (Fsp3) is 0.500. The number of nitrogens with zero attached hydrogens (tertiary/aromatic N) is 1. The van der Waals surface area contributed by atoms with Gasteiger partial charge in [-0.15, -0.1) is 0 Å². The van der Waals surface area contributed by atoms with Crippen molar-refractivity contribution in [2.45, 2.75) is 38.5 Å². The molecule has 1 aliphatic carbocycles. The molecule has 0 aromatic heterocycles. The summed E-state index contributed by atoms with van der Waals surface area (Å²) < 4.78 is 0. The molecule has 1 aliphatic rings. The van der Waals surface area contributed by atoms with E-state index in [0.29, 0.717) is 12.3 Å². The third-order valence-electron chi connectivity index (χ3n) is 3.72. The van der Waals surface area contributed by atoms with Crippen LogP contribution in [0.1, 0.15) is 38.5 Å². The van der Waals surface area contributed by atoms with Gasteiger partial charge in [0.15, 0.2) is 0 Å². The Morgan fingerprint density at radius 3 is 2.70 bits per heavy atom. The summed E-state index contributed by atoms with van der Waals surface area (Å²) in [6.07, 6.45) is 6.15. The van der Waals surface area contributed by atoms with Gasteiger partial charge in [-0.1, -0.05) is 25.7 Å². The minimum Gasteiger partial charge on any atom is -0.506 e. The number of phenolic OH excluding ortho intramolecular Hbond substituents is 1. The first-order valence-corrected chi connectivity index (χ1v) is 6.83. The molecule has 0 unspecified atom stereocenters. The average Bonchev–Trinajstić information content (AvgIpc) is 2.91. The Morgan fingerprint density at radius 1 is 1.40 bits per heavy atom. The molecule has 108 valence electrons. The second-order valence-corrected chi connectivity index (χ2v) is 5.20. The van der Waals surface area contributed by atoms with E-state index in [1.165, 1.54) is 37.8 Å². The fourth-order valence-corrected chi connectivity index (χ4v) is 2.59. The Balaban J connectivity index is 1.88. The molecule has 1 amide bonds. The van der Waals surface area contributed by atoms with Gasteiger partial charge < -0.3 is 10.4 Å². The van der Waals surface area contributed by atoms with E-state index in [1.54, 1.807) is 0 Å². The molecule has 6 nitrogen and oxygen atoms in total. The molecule has 0 saturated heterocycles. The number of benzene rings is 1. The van der Waals surface area contributed by atoms with Crippen LogP contribution in [0.15, 0.2) is 18.2 Å². The van der Waals surface area contributed by atoms with Gasteiger partial charge in [0.25, 0.3) is 5.69 Å². The summed E-state index contributed by atoms with van der Waals surface area (Å²) in [4.78, 5) is 21.7. The first-order chi connectivity index (χ1) is 9.56. The van der Waals surface area contributed by atoms with Crippen molar-refractivity contribution in [3.8, 4) is 5.75 Å². The van der Waals surface area contributed by atoms with E-state index in [-0.39, 0.29) is 23.0 Å². The Morgan fingerprint density at radius 2 is 2.10 bits per heavy atom. The molecule has 0 spiro atoms. The lowest BCUT2D eigenvalue weighted by Gasteiger charge is -2.10. The summed E-state index contributed by atoms with van der Waals surface area (Å²) in [5, 5.41) is 22.8. The number of nitrogens with one attached hydrogen (secondary N) is 1. The molecule has 0 bridgehead atoms. The third kappa shape index (κ3) is 3.69. The van der Waals surface area contributed by atoms with E-state index in [4.69, 9.17) is 0 Å². The number of phenols is 1. The maximum absolute atomic E-state index is 11.8. The van der Waals surface area contributed by atoms with Crippen LogP contribution >= 0.6 is 0 Å². The topological polar surface area (TPSA) is 92.5 Å². The van der Waals surface area contributed by atoms with E-state index in [0.717, 1.165) is 12.5 Å². The Bertz CT molecular complexity index is 510. The Labute approximate surface area is 117 Å². The van der Waals surface area contributed by atoms with Crippen LogP contribution in [0.3, 0.4) is 0 Å². The van der Waals surface area contributed by atoms with Crippen molar-refractivity contribution in [2.24, 2.45) is 5.92 Å². The zero-order chi connectivity index (χ0) is 14.5. The smallest absolute Gasteiger partial charge is 0.273 e. The number of nitro benzene ring substituents is 1. The number of aromatic hydroxyl groups is 1. The highest BCUT2D eigenvalue weighted by atomic mass is 16.6. The number of non-ortho nitro benzene ring substituents is 1. The van der Waals surface area contributed by atoms with E-state index >= 15 is 0 Å². The van der Waals surface area contributed by atoms with Crippen LogP contribution in [0.4, 0.5) is 11.4 Å². The van der Waals surface area contributed by atoms with Gasteiger partial charge in [-0.05, 0) is 18.4 Å². The van der Waals surface area contributed by atoms with Gasteiger partial charge in [0.05, 0.1) is 16.7 Å². The van der Waals surface area contributed by atoms with Crippen LogP contribution in [0.5, 0.6) is 5.75 Å². The molecule has 0 radical (unpaired) electrons. The Kier molecular flexibility index (Phi) is 4.55. The molecule has 0 aliphatic heterocycles. The number of hydrogen-bond donors (Lipinski definition) is 2. The highest BCUT2D eigenvalue weighted by Gasteiger charge is 2.17. The van der Waals surface area contributed by atoms with E-state index in [1.807, 2.05) is 0 Å². The van der Waals surface area contributed by atoms with E-state index < -0.39 is 4.92 Å². The summed E-state index contributed by atoms with van der Waals surface area (Å²) >= 11 is 0. The maximum Gasteiger partial charge on any atom is 0.273 e. The molecule has 1 saturated carbocycles. The monoisotopic (exact) mass is 278 g/mol. The second kappa shape index (κ2) is 6.36. The van der Waals surface area contributed by atoms with Gasteiger partial charge in [-0.2, -0.15) is 0 Å². The molecule has 1 aromatic rings. The highest BCUT2D eigenvalue weighted by molar-refractivity contribution is 5.92. The van der Waals surface area contributed by atoms with Crippen LogP contribution in [-0.2, 0) is 4.79 Å². The van der Waals surface area contributed by atoms with Crippen LogP contribution in [-0.4, -0.2) is 15.9 Å².